The topological polar surface area (TPSA) is 9.23 Å². The predicted molar refractivity (Wildman–Crippen MR) is 92.0 cm³/mol. The molecule has 20 heavy (non-hydrogen) atoms. The van der Waals surface area contributed by atoms with Crippen molar-refractivity contribution in [3.63, 3.8) is 0 Å². The lowest BCUT2D eigenvalue weighted by Crippen LogP contribution is -2.39. The smallest absolute Gasteiger partial charge is 0.105 e. The van der Waals surface area contributed by atoms with Gasteiger partial charge in [-0.1, -0.05) is 60.6 Å². The molecule has 0 amide bonds. The SMILES string of the molecule is CC(C)C1OC(C(C)C)C(C(C)C)C(C)/C=C/CCS1. The summed E-state index contributed by atoms with van der Waals surface area (Å²) in [4.78, 5) is 0. The van der Waals surface area contributed by atoms with Crippen molar-refractivity contribution >= 4 is 11.8 Å². The van der Waals surface area contributed by atoms with Crippen molar-refractivity contribution in [2.75, 3.05) is 5.75 Å². The van der Waals surface area contributed by atoms with Crippen LogP contribution in [0.5, 0.6) is 0 Å². The first-order valence-electron chi connectivity index (χ1n) is 8.28. The van der Waals surface area contributed by atoms with Gasteiger partial charge in [0, 0.05) is 0 Å². The van der Waals surface area contributed by atoms with Gasteiger partial charge in [0.15, 0.2) is 0 Å². The number of thioether (sulfide) groups is 1. The molecule has 0 N–H and O–H groups in total. The van der Waals surface area contributed by atoms with Crippen LogP contribution in [-0.4, -0.2) is 17.3 Å². The fraction of sp³-hybridized carbons (Fsp3) is 0.889. The molecular formula is C18H34OS. The van der Waals surface area contributed by atoms with E-state index in [1.165, 1.54) is 12.2 Å². The quantitative estimate of drug-likeness (QED) is 0.626. The van der Waals surface area contributed by atoms with Crippen LogP contribution in [0.1, 0.15) is 54.9 Å². The minimum Gasteiger partial charge on any atom is -0.364 e. The third kappa shape index (κ3) is 5.11. The van der Waals surface area contributed by atoms with Gasteiger partial charge in [0.2, 0.25) is 0 Å². The number of allylic oxidation sites excluding steroid dienone is 2. The molecular weight excluding hydrogens is 264 g/mol. The summed E-state index contributed by atoms with van der Waals surface area (Å²) in [5.74, 6) is 4.17. The minimum absolute atomic E-state index is 0.336. The standard InChI is InChI=1S/C18H34OS/c1-12(2)16-15(7)10-8-9-11-20-18(14(5)6)19-17(16)13(3)4/h8,10,12-18H,9,11H2,1-7H3/b10-8+. The van der Waals surface area contributed by atoms with Crippen molar-refractivity contribution in [2.45, 2.75) is 66.4 Å². The highest BCUT2D eigenvalue weighted by Gasteiger charge is 2.34. The Kier molecular flexibility index (Phi) is 7.68. The van der Waals surface area contributed by atoms with Gasteiger partial charge in [0.05, 0.1) is 6.10 Å². The molecule has 4 unspecified atom stereocenters. The van der Waals surface area contributed by atoms with Crippen LogP contribution in [-0.2, 0) is 4.74 Å². The van der Waals surface area contributed by atoms with E-state index in [9.17, 15) is 0 Å². The van der Waals surface area contributed by atoms with E-state index in [4.69, 9.17) is 4.74 Å². The lowest BCUT2D eigenvalue weighted by Gasteiger charge is -2.39. The molecule has 0 aromatic carbocycles. The molecule has 1 aliphatic heterocycles. The molecule has 4 atom stereocenters. The van der Waals surface area contributed by atoms with Crippen LogP contribution in [0.4, 0.5) is 0 Å². The van der Waals surface area contributed by atoms with Crippen LogP contribution in [0.25, 0.3) is 0 Å². The molecule has 0 saturated carbocycles. The van der Waals surface area contributed by atoms with E-state index < -0.39 is 0 Å². The van der Waals surface area contributed by atoms with E-state index in [0.717, 1.165) is 0 Å². The van der Waals surface area contributed by atoms with Crippen molar-refractivity contribution in [3.05, 3.63) is 12.2 Å². The van der Waals surface area contributed by atoms with Crippen molar-refractivity contribution in [1.29, 1.82) is 0 Å². The minimum atomic E-state index is 0.336. The Labute approximate surface area is 130 Å². The van der Waals surface area contributed by atoms with Gasteiger partial charge < -0.3 is 4.74 Å². The Morgan fingerprint density at radius 1 is 1.00 bits per heavy atom. The van der Waals surface area contributed by atoms with Crippen LogP contribution in [0.3, 0.4) is 0 Å². The Balaban J connectivity index is 3.03. The van der Waals surface area contributed by atoms with Crippen molar-refractivity contribution in [3.8, 4) is 0 Å². The fourth-order valence-electron chi connectivity index (χ4n) is 3.21. The first-order chi connectivity index (χ1) is 9.34. The molecule has 1 nitrogen and oxygen atoms in total. The molecule has 1 aliphatic rings. The number of hydrogen-bond donors (Lipinski definition) is 0. The Morgan fingerprint density at radius 2 is 1.65 bits per heavy atom. The highest BCUT2D eigenvalue weighted by atomic mass is 32.2. The molecule has 0 bridgehead atoms. The second kappa shape index (κ2) is 8.48. The number of rotatable bonds is 3. The second-order valence-electron chi connectivity index (χ2n) is 7.23. The zero-order valence-corrected chi connectivity index (χ0v) is 15.2. The predicted octanol–water partition coefficient (Wildman–Crippen LogP) is 5.61. The van der Waals surface area contributed by atoms with Gasteiger partial charge >= 0.3 is 0 Å². The van der Waals surface area contributed by atoms with Crippen molar-refractivity contribution in [2.24, 2.45) is 29.6 Å². The Bertz CT molecular complexity index is 296. The molecule has 0 aliphatic carbocycles. The van der Waals surface area contributed by atoms with Crippen LogP contribution in [0, 0.1) is 29.6 Å². The normalized spacial score (nSPS) is 34.7. The van der Waals surface area contributed by atoms with Gasteiger partial charge in [-0.3, -0.25) is 0 Å². The summed E-state index contributed by atoms with van der Waals surface area (Å²) < 4.78 is 6.62. The van der Waals surface area contributed by atoms with E-state index in [0.29, 0.717) is 41.1 Å². The Morgan fingerprint density at radius 3 is 2.15 bits per heavy atom. The molecule has 0 saturated heterocycles. The second-order valence-corrected chi connectivity index (χ2v) is 8.43. The molecule has 0 aromatic heterocycles. The first-order valence-corrected chi connectivity index (χ1v) is 9.33. The van der Waals surface area contributed by atoms with Crippen LogP contribution in [0.2, 0.25) is 0 Å². The molecule has 0 aromatic rings. The average Bonchev–Trinajstić information content (AvgIpc) is 2.34. The molecule has 2 heteroatoms. The molecule has 0 spiro atoms. The first kappa shape index (κ1) is 18.1. The number of ether oxygens (including phenoxy) is 1. The maximum absolute atomic E-state index is 6.62. The summed E-state index contributed by atoms with van der Waals surface area (Å²) in [6, 6.07) is 0. The van der Waals surface area contributed by atoms with Gasteiger partial charge in [-0.15, -0.1) is 11.8 Å². The highest BCUT2D eigenvalue weighted by Crippen LogP contribution is 2.36. The number of hydrogen-bond acceptors (Lipinski definition) is 2. The summed E-state index contributed by atoms with van der Waals surface area (Å²) in [7, 11) is 0. The van der Waals surface area contributed by atoms with Crippen molar-refractivity contribution in [1.82, 2.24) is 0 Å². The lowest BCUT2D eigenvalue weighted by molar-refractivity contribution is -0.0667. The molecule has 0 fully saturated rings. The van der Waals surface area contributed by atoms with Gasteiger partial charge in [0.25, 0.3) is 0 Å². The van der Waals surface area contributed by atoms with Crippen LogP contribution >= 0.6 is 11.8 Å². The van der Waals surface area contributed by atoms with E-state index in [-0.39, 0.29) is 0 Å². The summed E-state index contributed by atoms with van der Waals surface area (Å²) >= 11 is 1.99. The third-order valence-electron chi connectivity index (χ3n) is 4.26. The van der Waals surface area contributed by atoms with Gasteiger partial charge in [0.1, 0.15) is 5.44 Å². The summed E-state index contributed by atoms with van der Waals surface area (Å²) in [5, 5.41) is 0. The van der Waals surface area contributed by atoms with Crippen LogP contribution < -0.4 is 0 Å². The summed E-state index contributed by atoms with van der Waals surface area (Å²) in [6.45, 7) is 16.2. The van der Waals surface area contributed by atoms with Gasteiger partial charge in [-0.05, 0) is 41.8 Å². The fourth-order valence-corrected chi connectivity index (χ4v) is 4.31. The summed E-state index contributed by atoms with van der Waals surface area (Å²) in [5.41, 5.74) is 0.336. The highest BCUT2D eigenvalue weighted by molar-refractivity contribution is 7.99. The zero-order valence-electron chi connectivity index (χ0n) is 14.4. The largest absolute Gasteiger partial charge is 0.364 e. The van der Waals surface area contributed by atoms with Gasteiger partial charge in [-0.2, -0.15) is 0 Å². The monoisotopic (exact) mass is 298 g/mol. The molecule has 0 radical (unpaired) electrons. The maximum Gasteiger partial charge on any atom is 0.105 e. The van der Waals surface area contributed by atoms with E-state index in [1.807, 2.05) is 11.8 Å². The van der Waals surface area contributed by atoms with Crippen LogP contribution in [0.15, 0.2) is 12.2 Å². The van der Waals surface area contributed by atoms with E-state index in [2.05, 4.69) is 60.6 Å². The zero-order chi connectivity index (χ0) is 15.3. The average molecular weight is 299 g/mol. The van der Waals surface area contributed by atoms with E-state index in [1.54, 1.807) is 0 Å². The molecule has 1 heterocycles. The summed E-state index contributed by atoms with van der Waals surface area (Å²) in [6.07, 6.45) is 6.32. The Hall–Kier alpha value is 0.0500. The van der Waals surface area contributed by atoms with Gasteiger partial charge in [-0.25, -0.2) is 0 Å². The maximum atomic E-state index is 6.62. The van der Waals surface area contributed by atoms with E-state index >= 15 is 0 Å². The molecule has 118 valence electrons. The molecule has 1 rings (SSSR count). The lowest BCUT2D eigenvalue weighted by atomic mass is 9.76. The van der Waals surface area contributed by atoms with Crippen molar-refractivity contribution < 1.29 is 4.74 Å². The third-order valence-corrected chi connectivity index (χ3v) is 5.71.